The molecule has 6 rings (SSSR count). The number of ether oxygens (including phenoxy) is 2. The molecule has 4 heterocycles. The summed E-state index contributed by atoms with van der Waals surface area (Å²) in [4.78, 5) is 28.8. The Morgan fingerprint density at radius 3 is 1.68 bits per heavy atom. The van der Waals surface area contributed by atoms with Gasteiger partial charge in [0.2, 0.25) is 5.91 Å². The van der Waals surface area contributed by atoms with E-state index in [2.05, 4.69) is 22.4 Å². The Kier molecular flexibility index (Phi) is 17.4. The average molecular weight is 1100 g/mol. The number of carbonyl (C=O) groups excluding carboxylic acids is 1. The molecule has 0 aliphatic carbocycles. The summed E-state index contributed by atoms with van der Waals surface area (Å²) < 4.78 is 42.9. The first-order valence-corrected chi connectivity index (χ1v) is 21.1. The molecule has 0 unspecified atom stereocenters. The third-order valence-electron chi connectivity index (χ3n) is 9.20. The maximum Gasteiger partial charge on any atom is 0.325 e. The predicted molar refractivity (Wildman–Crippen MR) is 236 cm³/mol. The molecule has 2 N–H and O–H groups in total. The first-order valence-electron chi connectivity index (χ1n) is 17.4. The van der Waals surface area contributed by atoms with Crippen LogP contribution < -0.4 is 24.6 Å². The van der Waals surface area contributed by atoms with E-state index in [1.54, 1.807) is 28.6 Å². The molecular formula is C36H42Cl4F2I2N8O5. The summed E-state index contributed by atoms with van der Waals surface area (Å²) in [6, 6.07) is 6.08. The molecule has 312 valence electrons. The van der Waals surface area contributed by atoms with Gasteiger partial charge in [0.1, 0.15) is 43.6 Å². The lowest BCUT2D eigenvalue weighted by atomic mass is 10.1. The third kappa shape index (κ3) is 12.0. The summed E-state index contributed by atoms with van der Waals surface area (Å²) in [6.07, 6.45) is 0. The Hall–Kier alpha value is -2.56. The van der Waals surface area contributed by atoms with Gasteiger partial charge in [-0.2, -0.15) is 10.2 Å². The first-order chi connectivity index (χ1) is 26.9. The Labute approximate surface area is 377 Å². The molecule has 4 aromatic rings. The van der Waals surface area contributed by atoms with Crippen LogP contribution in [0.4, 0.5) is 20.2 Å². The van der Waals surface area contributed by atoms with E-state index in [0.717, 1.165) is 25.3 Å². The molecule has 0 saturated carbocycles. The van der Waals surface area contributed by atoms with E-state index in [4.69, 9.17) is 61.0 Å². The molecule has 2 aliphatic rings. The molecule has 2 fully saturated rings. The number of hydrogen-bond donors (Lipinski definition) is 2. The molecule has 0 bridgehead atoms. The van der Waals surface area contributed by atoms with E-state index in [-0.39, 0.29) is 35.9 Å². The van der Waals surface area contributed by atoms with Gasteiger partial charge in [-0.3, -0.25) is 19.0 Å². The fraction of sp³-hybridized carbons (Fsp3) is 0.444. The number of anilines is 2. The minimum atomic E-state index is -0.923. The molecule has 2 aromatic carbocycles. The van der Waals surface area contributed by atoms with Gasteiger partial charge < -0.3 is 34.6 Å². The lowest BCUT2D eigenvalue weighted by molar-refractivity contribution is -0.138. The number of benzene rings is 2. The quantitative estimate of drug-likeness (QED) is 0.169. The van der Waals surface area contributed by atoms with Crippen LogP contribution in [0.15, 0.2) is 24.3 Å². The average Bonchev–Trinajstić information content (AvgIpc) is 3.53. The van der Waals surface area contributed by atoms with Crippen LogP contribution in [-0.4, -0.2) is 107 Å². The maximum absolute atomic E-state index is 14.4. The lowest BCUT2D eigenvalue weighted by Gasteiger charge is -2.41. The number of nitrogens with one attached hydrogen (secondary N) is 1. The van der Waals surface area contributed by atoms with E-state index >= 15 is 0 Å². The summed E-state index contributed by atoms with van der Waals surface area (Å²) in [5, 5.41) is 21.7. The highest BCUT2D eigenvalue weighted by atomic mass is 127. The van der Waals surface area contributed by atoms with Crippen molar-refractivity contribution in [2.24, 2.45) is 0 Å². The van der Waals surface area contributed by atoms with Crippen LogP contribution in [0.5, 0.6) is 11.5 Å². The predicted octanol–water partition coefficient (Wildman–Crippen LogP) is 7.81. The number of aliphatic carboxylic acids is 1. The fourth-order valence-corrected chi connectivity index (χ4v) is 8.19. The van der Waals surface area contributed by atoms with Gasteiger partial charge in [-0.05, 0) is 85.0 Å². The second kappa shape index (κ2) is 21.1. The molecule has 0 radical (unpaired) electrons. The van der Waals surface area contributed by atoms with Crippen molar-refractivity contribution in [3.63, 3.8) is 0 Å². The zero-order valence-electron chi connectivity index (χ0n) is 31.9. The van der Waals surface area contributed by atoms with Crippen LogP contribution in [-0.2, 0) is 22.7 Å². The highest BCUT2D eigenvalue weighted by molar-refractivity contribution is 14.1. The number of piperazine rings is 2. The molecule has 21 heteroatoms. The van der Waals surface area contributed by atoms with Crippen molar-refractivity contribution >= 4 is 115 Å². The first kappa shape index (κ1) is 47.1. The van der Waals surface area contributed by atoms with E-state index in [0.29, 0.717) is 76.7 Å². The number of methoxy groups -OCH3 is 2. The van der Waals surface area contributed by atoms with Crippen LogP contribution in [0.3, 0.4) is 0 Å². The Balaban J connectivity index is 0.000000210. The van der Waals surface area contributed by atoms with Gasteiger partial charge >= 0.3 is 5.97 Å². The van der Waals surface area contributed by atoms with Crippen LogP contribution in [0.1, 0.15) is 25.2 Å². The van der Waals surface area contributed by atoms with Crippen LogP contribution >= 0.6 is 91.6 Å². The molecule has 0 spiro atoms. The van der Waals surface area contributed by atoms with Crippen LogP contribution in [0.2, 0.25) is 20.1 Å². The minimum absolute atomic E-state index is 0.0417. The van der Waals surface area contributed by atoms with Crippen molar-refractivity contribution in [2.45, 2.75) is 52.9 Å². The summed E-state index contributed by atoms with van der Waals surface area (Å²) in [6.45, 7) is 11.5. The third-order valence-corrected chi connectivity index (χ3v) is 12.8. The van der Waals surface area contributed by atoms with Crippen LogP contribution in [0, 0.1) is 32.9 Å². The largest absolute Gasteiger partial charge is 0.495 e. The minimum Gasteiger partial charge on any atom is -0.495 e. The Morgan fingerprint density at radius 2 is 1.28 bits per heavy atom. The van der Waals surface area contributed by atoms with Gasteiger partial charge in [-0.15, -0.1) is 0 Å². The van der Waals surface area contributed by atoms with E-state index < -0.39 is 11.8 Å². The summed E-state index contributed by atoms with van der Waals surface area (Å²) in [5.41, 5.74) is 2.42. The lowest BCUT2D eigenvalue weighted by Crippen LogP contribution is -2.55. The van der Waals surface area contributed by atoms with Crippen molar-refractivity contribution < 1.29 is 33.0 Å². The number of carbonyl (C=O) groups is 2. The van der Waals surface area contributed by atoms with E-state index in [1.165, 1.54) is 31.0 Å². The van der Waals surface area contributed by atoms with Crippen molar-refractivity contribution in [2.75, 3.05) is 63.3 Å². The SMILES string of the molecule is COc1cc(N2CCN(C(=O)Cn3nc(I)c(Cl)c3C)[C@@H](C)C2)c(F)cc1Cl.COc1cc(N2CCN[C@@H](C)C2)c(F)cc1Cl.Cc1c(Cl)c(I)nn1CC(=O)O. The van der Waals surface area contributed by atoms with Crippen molar-refractivity contribution in [1.29, 1.82) is 0 Å². The van der Waals surface area contributed by atoms with Gasteiger partial charge in [0.25, 0.3) is 0 Å². The maximum atomic E-state index is 14.4. The number of rotatable bonds is 8. The fourth-order valence-electron chi connectivity index (χ4n) is 6.16. The molecule has 13 nitrogen and oxygen atoms in total. The van der Waals surface area contributed by atoms with Crippen molar-refractivity contribution in [1.82, 2.24) is 29.8 Å². The van der Waals surface area contributed by atoms with Gasteiger partial charge in [0.05, 0.1) is 57.1 Å². The number of hydrogen-bond acceptors (Lipinski definition) is 9. The highest BCUT2D eigenvalue weighted by Gasteiger charge is 2.30. The van der Waals surface area contributed by atoms with Crippen LogP contribution in [0.25, 0.3) is 0 Å². The molecule has 2 atom stereocenters. The molecular weight excluding hydrogens is 1060 g/mol. The van der Waals surface area contributed by atoms with Crippen molar-refractivity contribution in [3.8, 4) is 11.5 Å². The summed E-state index contributed by atoms with van der Waals surface area (Å²) in [7, 11) is 3.02. The summed E-state index contributed by atoms with van der Waals surface area (Å²) in [5.74, 6) is -0.744. The highest BCUT2D eigenvalue weighted by Crippen LogP contribution is 2.34. The van der Waals surface area contributed by atoms with E-state index in [1.807, 2.05) is 68.8 Å². The molecule has 2 aliphatic heterocycles. The zero-order chi connectivity index (χ0) is 42.3. The van der Waals surface area contributed by atoms with Gasteiger partial charge in [-0.25, -0.2) is 8.78 Å². The molecule has 1 amide bonds. The number of aromatic nitrogens is 4. The number of carboxylic acids is 1. The van der Waals surface area contributed by atoms with E-state index in [9.17, 15) is 18.4 Å². The summed E-state index contributed by atoms with van der Waals surface area (Å²) >= 11 is 27.8. The van der Waals surface area contributed by atoms with Gasteiger partial charge in [0.15, 0.2) is 0 Å². The number of halogens is 8. The van der Waals surface area contributed by atoms with Gasteiger partial charge in [-0.1, -0.05) is 46.4 Å². The normalized spacial score (nSPS) is 16.7. The zero-order valence-corrected chi connectivity index (χ0v) is 39.2. The number of nitrogens with zero attached hydrogens (tertiary/aromatic N) is 7. The molecule has 2 aromatic heterocycles. The number of carboxylic acid groups (broad SMARTS) is 1. The Morgan fingerprint density at radius 1 is 0.807 bits per heavy atom. The topological polar surface area (TPSA) is 130 Å². The number of amides is 1. The standard InChI is InChI=1S/C18H20Cl2FIN4O2.C12H16ClFN2O.C6H6ClIN2O2/c1-10-8-24(14-7-15(28-3)12(19)6-13(14)21)4-5-25(10)16(27)9-26-11(2)17(20)18(22)23-26;1-8-7-16(4-3-15-8)11-6-12(17-2)9(13)5-10(11)14;1-3-5(7)6(8)9-10(3)2-4(11)12/h6-7,10H,4-5,8-9H2,1-3H3;5-6,8,15H,3-4,7H2,1-2H3;2H2,1H3,(H,11,12)/t10-;8-;/m00./s1. The van der Waals surface area contributed by atoms with Crippen molar-refractivity contribution in [3.05, 3.63) is 74.8 Å². The molecule has 57 heavy (non-hydrogen) atoms. The second-order valence-corrected chi connectivity index (χ2v) is 16.8. The van der Waals surface area contributed by atoms with Gasteiger partial charge in [0, 0.05) is 63.5 Å². The smallest absolute Gasteiger partial charge is 0.325 e. The Bertz CT molecular complexity index is 2080. The monoisotopic (exact) mass is 1100 g/mol. The second-order valence-electron chi connectivity index (χ2n) is 13.1. The molecule has 2 saturated heterocycles.